The highest BCUT2D eigenvalue weighted by Crippen LogP contribution is 2.21. The average Bonchev–Trinajstić information content (AvgIpc) is 3.15. The monoisotopic (exact) mass is 369 g/mol. The van der Waals surface area contributed by atoms with Crippen molar-refractivity contribution in [3.05, 3.63) is 62.4 Å². The maximum absolute atomic E-state index is 12.0. The Labute approximate surface area is 156 Å². The van der Waals surface area contributed by atoms with E-state index in [4.69, 9.17) is 4.42 Å². The molecule has 2 aromatic heterocycles. The summed E-state index contributed by atoms with van der Waals surface area (Å²) < 4.78 is 5.42. The number of hydrogen-bond donors (Lipinski definition) is 0. The van der Waals surface area contributed by atoms with Gasteiger partial charge in [-0.2, -0.15) is 0 Å². The molecule has 6 heteroatoms. The Morgan fingerprint density at radius 3 is 2.58 bits per heavy atom. The quantitative estimate of drug-likeness (QED) is 0.647. The van der Waals surface area contributed by atoms with Crippen molar-refractivity contribution >= 4 is 22.3 Å². The second-order valence-corrected chi connectivity index (χ2v) is 7.53. The van der Waals surface area contributed by atoms with Gasteiger partial charge < -0.3 is 4.42 Å². The van der Waals surface area contributed by atoms with Crippen LogP contribution in [0.15, 0.2) is 44.4 Å². The van der Waals surface area contributed by atoms with E-state index in [1.807, 2.05) is 11.6 Å². The number of nitrogens with zero attached hydrogens (tertiary/aromatic N) is 3. The lowest BCUT2D eigenvalue weighted by Crippen LogP contribution is -2.45. The second kappa shape index (κ2) is 7.70. The van der Waals surface area contributed by atoms with Crippen LogP contribution in [0.3, 0.4) is 0 Å². The van der Waals surface area contributed by atoms with Crippen LogP contribution >= 0.6 is 11.3 Å². The minimum absolute atomic E-state index is 0.261. The summed E-state index contributed by atoms with van der Waals surface area (Å²) in [7, 11) is 0. The van der Waals surface area contributed by atoms with Gasteiger partial charge in [-0.05, 0) is 23.6 Å². The van der Waals surface area contributed by atoms with Crippen molar-refractivity contribution in [1.29, 1.82) is 0 Å². The maximum Gasteiger partial charge on any atom is 0.336 e. The van der Waals surface area contributed by atoms with E-state index in [1.54, 1.807) is 17.4 Å². The van der Waals surface area contributed by atoms with E-state index in [0.29, 0.717) is 5.58 Å². The van der Waals surface area contributed by atoms with E-state index in [0.717, 1.165) is 62.3 Å². The zero-order valence-electron chi connectivity index (χ0n) is 15.0. The van der Waals surface area contributed by atoms with Gasteiger partial charge in [0.05, 0.1) is 11.2 Å². The normalized spacial score (nSPS) is 16.3. The fraction of sp³-hybridized carbons (Fsp3) is 0.400. The van der Waals surface area contributed by atoms with Crippen molar-refractivity contribution in [3.63, 3.8) is 0 Å². The topological polar surface area (TPSA) is 49.6 Å². The van der Waals surface area contributed by atoms with Gasteiger partial charge in [-0.3, -0.25) is 9.80 Å². The minimum Gasteiger partial charge on any atom is -0.423 e. The van der Waals surface area contributed by atoms with Crippen LogP contribution < -0.4 is 5.63 Å². The van der Waals surface area contributed by atoms with Crippen LogP contribution in [0.5, 0.6) is 0 Å². The number of aryl methyl sites for hydroxylation is 1. The van der Waals surface area contributed by atoms with E-state index in [-0.39, 0.29) is 5.63 Å². The van der Waals surface area contributed by atoms with Gasteiger partial charge in [0, 0.05) is 56.1 Å². The molecule has 1 aliphatic rings. The Morgan fingerprint density at radius 1 is 1.12 bits per heavy atom. The van der Waals surface area contributed by atoms with Crippen LogP contribution in [0.25, 0.3) is 11.0 Å². The first-order valence-electron chi connectivity index (χ1n) is 9.08. The molecule has 1 fully saturated rings. The van der Waals surface area contributed by atoms with Gasteiger partial charge in [-0.15, -0.1) is 11.3 Å². The van der Waals surface area contributed by atoms with Crippen molar-refractivity contribution in [1.82, 2.24) is 14.8 Å². The van der Waals surface area contributed by atoms with Gasteiger partial charge >= 0.3 is 5.63 Å². The molecule has 1 aromatic carbocycles. The predicted octanol–water partition coefficient (Wildman–Crippen LogP) is 3.13. The SMILES string of the molecule is CCc1ccc2c(CN3CCN(Cc4cscn4)CC3)cc(=O)oc2c1. The van der Waals surface area contributed by atoms with Crippen molar-refractivity contribution in [2.45, 2.75) is 26.4 Å². The molecule has 136 valence electrons. The van der Waals surface area contributed by atoms with Gasteiger partial charge in [0.1, 0.15) is 5.58 Å². The number of rotatable bonds is 5. The molecule has 5 nitrogen and oxygen atoms in total. The molecule has 4 rings (SSSR count). The van der Waals surface area contributed by atoms with Gasteiger partial charge in [-0.1, -0.05) is 19.1 Å². The summed E-state index contributed by atoms with van der Waals surface area (Å²) in [6.45, 7) is 7.87. The average molecular weight is 369 g/mol. The van der Waals surface area contributed by atoms with E-state index in [1.165, 1.54) is 5.56 Å². The summed E-state index contributed by atoms with van der Waals surface area (Å²) in [5.74, 6) is 0. The van der Waals surface area contributed by atoms with Crippen molar-refractivity contribution < 1.29 is 4.42 Å². The number of piperazine rings is 1. The maximum atomic E-state index is 12.0. The smallest absolute Gasteiger partial charge is 0.336 e. The Balaban J connectivity index is 1.45. The van der Waals surface area contributed by atoms with Crippen LogP contribution in [0.2, 0.25) is 0 Å². The second-order valence-electron chi connectivity index (χ2n) is 6.81. The number of fused-ring (bicyclic) bond motifs is 1. The van der Waals surface area contributed by atoms with Crippen LogP contribution in [0.4, 0.5) is 0 Å². The molecule has 3 aromatic rings. The molecule has 0 radical (unpaired) electrons. The first kappa shape index (κ1) is 17.4. The molecule has 0 spiro atoms. The molecule has 1 saturated heterocycles. The molecule has 1 aliphatic heterocycles. The van der Waals surface area contributed by atoms with Gasteiger partial charge in [0.2, 0.25) is 0 Å². The van der Waals surface area contributed by atoms with Crippen LogP contribution in [-0.2, 0) is 19.5 Å². The van der Waals surface area contributed by atoms with E-state index in [2.05, 4.69) is 39.2 Å². The van der Waals surface area contributed by atoms with Crippen LogP contribution in [-0.4, -0.2) is 41.0 Å². The molecule has 3 heterocycles. The van der Waals surface area contributed by atoms with Crippen molar-refractivity contribution in [3.8, 4) is 0 Å². The summed E-state index contributed by atoms with van der Waals surface area (Å²) in [6.07, 6.45) is 0.935. The molecular weight excluding hydrogens is 346 g/mol. The highest BCUT2D eigenvalue weighted by atomic mass is 32.1. The Bertz CT molecular complexity index is 928. The van der Waals surface area contributed by atoms with Gasteiger partial charge in [-0.25, -0.2) is 9.78 Å². The first-order chi connectivity index (χ1) is 12.7. The summed E-state index contributed by atoms with van der Waals surface area (Å²) >= 11 is 1.65. The van der Waals surface area contributed by atoms with Crippen LogP contribution in [0.1, 0.15) is 23.7 Å². The number of hydrogen-bond acceptors (Lipinski definition) is 6. The highest BCUT2D eigenvalue weighted by molar-refractivity contribution is 7.07. The largest absolute Gasteiger partial charge is 0.423 e. The molecule has 0 saturated carbocycles. The lowest BCUT2D eigenvalue weighted by molar-refractivity contribution is 0.121. The Kier molecular flexibility index (Phi) is 5.15. The zero-order valence-corrected chi connectivity index (χ0v) is 15.8. The molecule has 0 N–H and O–H groups in total. The summed E-state index contributed by atoms with van der Waals surface area (Å²) in [4.78, 5) is 21.2. The van der Waals surface area contributed by atoms with E-state index in [9.17, 15) is 4.79 Å². The molecule has 0 bridgehead atoms. The first-order valence-corrected chi connectivity index (χ1v) is 10.0. The third-order valence-electron chi connectivity index (χ3n) is 5.03. The van der Waals surface area contributed by atoms with Gasteiger partial charge in [0.25, 0.3) is 0 Å². The Hall–Kier alpha value is -2.02. The lowest BCUT2D eigenvalue weighted by Gasteiger charge is -2.34. The molecule has 0 aliphatic carbocycles. The van der Waals surface area contributed by atoms with E-state index >= 15 is 0 Å². The zero-order chi connectivity index (χ0) is 17.9. The molecule has 26 heavy (non-hydrogen) atoms. The third kappa shape index (κ3) is 3.87. The molecule has 0 atom stereocenters. The predicted molar refractivity (Wildman–Crippen MR) is 105 cm³/mol. The summed E-state index contributed by atoms with van der Waals surface area (Å²) in [5.41, 5.74) is 5.74. The lowest BCUT2D eigenvalue weighted by atomic mass is 10.1. The standard InChI is InChI=1S/C20H23N3O2S/c1-2-15-3-4-18-16(10-20(24)25-19(18)9-15)11-22-5-7-23(8-6-22)12-17-13-26-14-21-17/h3-4,9-10,13-14H,2,5-8,11-12H2,1H3. The summed E-state index contributed by atoms with van der Waals surface area (Å²) in [5, 5.41) is 3.17. The molecule has 0 amide bonds. The summed E-state index contributed by atoms with van der Waals surface area (Å²) in [6, 6.07) is 7.85. The fourth-order valence-electron chi connectivity index (χ4n) is 3.52. The number of thiazole rings is 1. The van der Waals surface area contributed by atoms with Crippen molar-refractivity contribution in [2.75, 3.05) is 26.2 Å². The van der Waals surface area contributed by atoms with Crippen LogP contribution in [0, 0.1) is 0 Å². The number of benzene rings is 1. The van der Waals surface area contributed by atoms with Gasteiger partial charge in [0.15, 0.2) is 0 Å². The van der Waals surface area contributed by atoms with E-state index < -0.39 is 0 Å². The minimum atomic E-state index is -0.261. The Morgan fingerprint density at radius 2 is 1.88 bits per heavy atom. The third-order valence-corrected chi connectivity index (χ3v) is 5.67. The van der Waals surface area contributed by atoms with Crippen molar-refractivity contribution in [2.24, 2.45) is 0 Å². The fourth-order valence-corrected chi connectivity index (χ4v) is 4.07. The molecule has 0 unspecified atom stereocenters. The highest BCUT2D eigenvalue weighted by Gasteiger charge is 2.19. The molecular formula is C20H23N3O2S. The number of aromatic nitrogens is 1.